The van der Waals surface area contributed by atoms with Gasteiger partial charge in [0.25, 0.3) is 0 Å². The molecule has 0 bridgehead atoms. The van der Waals surface area contributed by atoms with E-state index in [1.165, 1.54) is 0 Å². The first-order valence-electron chi connectivity index (χ1n) is 5.09. The lowest BCUT2D eigenvalue weighted by Gasteiger charge is -2.11. The van der Waals surface area contributed by atoms with Crippen LogP contribution in [0.25, 0.3) is 0 Å². The lowest BCUT2D eigenvalue weighted by Crippen LogP contribution is -2.34. The Kier molecular flexibility index (Phi) is 11.2. The number of nitrogens with two attached hydrogens (primary N) is 2. The number of carbonyl (C=O) groups excluding carboxylic acids is 1. The van der Waals surface area contributed by atoms with Crippen molar-refractivity contribution in [2.45, 2.75) is 46.6 Å². The Bertz CT molecular complexity index is 124. The van der Waals surface area contributed by atoms with E-state index in [1.54, 1.807) is 0 Å². The Morgan fingerprint density at radius 1 is 1.31 bits per heavy atom. The van der Waals surface area contributed by atoms with Crippen LogP contribution in [-0.2, 0) is 4.79 Å². The minimum absolute atomic E-state index is 0.0442. The summed E-state index contributed by atoms with van der Waals surface area (Å²) in [7, 11) is 0. The van der Waals surface area contributed by atoms with Crippen molar-refractivity contribution in [3.05, 3.63) is 0 Å². The molecule has 0 fully saturated rings. The van der Waals surface area contributed by atoms with Gasteiger partial charge in [0.1, 0.15) is 0 Å². The highest BCUT2D eigenvalue weighted by Gasteiger charge is 2.15. The van der Waals surface area contributed by atoms with Crippen LogP contribution in [0.15, 0.2) is 0 Å². The highest BCUT2D eigenvalue weighted by Crippen LogP contribution is 2.02. The molecule has 1 atom stereocenters. The fourth-order valence-electron chi connectivity index (χ4n) is 0.908. The van der Waals surface area contributed by atoms with Gasteiger partial charge in [-0.25, -0.2) is 0 Å². The third-order valence-corrected chi connectivity index (χ3v) is 1.65. The first-order chi connectivity index (χ1) is 6.09. The van der Waals surface area contributed by atoms with Crippen LogP contribution in [0, 0.1) is 5.92 Å². The van der Waals surface area contributed by atoms with Crippen molar-refractivity contribution in [1.29, 1.82) is 0 Å². The smallest absolute Gasteiger partial charge is 0.152 e. The van der Waals surface area contributed by atoms with Crippen LogP contribution < -0.4 is 11.5 Å². The normalized spacial score (nSPS) is 11.9. The van der Waals surface area contributed by atoms with Crippen LogP contribution in [0.1, 0.15) is 40.5 Å². The fraction of sp³-hybridized carbons (Fsp3) is 0.900. The molecular weight excluding hydrogens is 164 g/mol. The third kappa shape index (κ3) is 7.94. The SMILES string of the molecule is CC.CC(C)C(=O)C(N)CCCN. The minimum atomic E-state index is -0.307. The molecule has 4 N–H and O–H groups in total. The zero-order chi connectivity index (χ0) is 10.9. The molecule has 0 aromatic heterocycles. The molecule has 1 unspecified atom stereocenters. The summed E-state index contributed by atoms with van der Waals surface area (Å²) in [5.74, 6) is 0.182. The zero-order valence-electron chi connectivity index (χ0n) is 9.34. The average molecular weight is 188 g/mol. The van der Waals surface area contributed by atoms with Gasteiger partial charge in [0.15, 0.2) is 5.78 Å². The van der Waals surface area contributed by atoms with E-state index in [2.05, 4.69) is 0 Å². The molecule has 0 saturated carbocycles. The molecule has 0 aromatic carbocycles. The van der Waals surface area contributed by atoms with Crippen molar-refractivity contribution in [3.63, 3.8) is 0 Å². The maximum absolute atomic E-state index is 11.2. The first kappa shape index (κ1) is 15.1. The number of rotatable bonds is 5. The van der Waals surface area contributed by atoms with Gasteiger partial charge in [0.05, 0.1) is 6.04 Å². The van der Waals surface area contributed by atoms with Crippen LogP contribution in [0.4, 0.5) is 0 Å². The Morgan fingerprint density at radius 3 is 2.08 bits per heavy atom. The first-order valence-corrected chi connectivity index (χ1v) is 5.09. The van der Waals surface area contributed by atoms with E-state index in [0.29, 0.717) is 13.0 Å². The molecule has 0 radical (unpaired) electrons. The van der Waals surface area contributed by atoms with Crippen molar-refractivity contribution < 1.29 is 4.79 Å². The monoisotopic (exact) mass is 188 g/mol. The summed E-state index contributed by atoms with van der Waals surface area (Å²) in [6.45, 7) is 8.34. The molecule has 0 aliphatic carbocycles. The predicted molar refractivity (Wildman–Crippen MR) is 57.5 cm³/mol. The van der Waals surface area contributed by atoms with Gasteiger partial charge in [-0.2, -0.15) is 0 Å². The highest BCUT2D eigenvalue weighted by atomic mass is 16.1. The Hall–Kier alpha value is -0.410. The molecule has 80 valence electrons. The standard InChI is InChI=1S/C8H18N2O.C2H6/c1-6(2)8(11)7(10)4-3-5-9;1-2/h6-7H,3-5,9-10H2,1-2H3;1-2H3. The van der Waals surface area contributed by atoms with Gasteiger partial charge in [-0.1, -0.05) is 27.7 Å². The second-order valence-electron chi connectivity index (χ2n) is 3.09. The van der Waals surface area contributed by atoms with E-state index in [-0.39, 0.29) is 17.7 Å². The third-order valence-electron chi connectivity index (χ3n) is 1.65. The maximum Gasteiger partial charge on any atom is 0.152 e. The summed E-state index contributed by atoms with van der Waals surface area (Å²) in [5, 5.41) is 0. The van der Waals surface area contributed by atoms with Crippen molar-refractivity contribution >= 4 is 5.78 Å². The van der Waals surface area contributed by atoms with Gasteiger partial charge >= 0.3 is 0 Å². The Morgan fingerprint density at radius 2 is 1.77 bits per heavy atom. The van der Waals surface area contributed by atoms with Crippen molar-refractivity contribution in [2.24, 2.45) is 17.4 Å². The van der Waals surface area contributed by atoms with Crippen LogP contribution in [0.5, 0.6) is 0 Å². The maximum atomic E-state index is 11.2. The van der Waals surface area contributed by atoms with Crippen LogP contribution in [0.3, 0.4) is 0 Å². The van der Waals surface area contributed by atoms with Crippen molar-refractivity contribution in [3.8, 4) is 0 Å². The van der Waals surface area contributed by atoms with E-state index < -0.39 is 0 Å². The quantitative estimate of drug-likeness (QED) is 0.683. The van der Waals surface area contributed by atoms with Gasteiger partial charge in [0, 0.05) is 5.92 Å². The molecule has 0 heterocycles. The molecule has 0 spiro atoms. The number of hydrogen-bond acceptors (Lipinski definition) is 3. The number of ketones is 1. The minimum Gasteiger partial charge on any atom is -0.330 e. The highest BCUT2D eigenvalue weighted by molar-refractivity contribution is 5.85. The molecule has 0 saturated heterocycles. The van der Waals surface area contributed by atoms with Gasteiger partial charge in [-0.05, 0) is 19.4 Å². The summed E-state index contributed by atoms with van der Waals surface area (Å²) in [5.41, 5.74) is 10.9. The molecule has 3 nitrogen and oxygen atoms in total. The number of Topliss-reactive ketones (excluding diaryl/α,β-unsaturated/α-hetero) is 1. The van der Waals surface area contributed by atoms with Gasteiger partial charge in [-0.3, -0.25) is 4.79 Å². The second kappa shape index (κ2) is 9.68. The Balaban J connectivity index is 0. The lowest BCUT2D eigenvalue weighted by atomic mass is 9.99. The van der Waals surface area contributed by atoms with Crippen molar-refractivity contribution in [2.75, 3.05) is 6.54 Å². The largest absolute Gasteiger partial charge is 0.330 e. The predicted octanol–water partition coefficient (Wildman–Crippen LogP) is 1.30. The summed E-state index contributed by atoms with van der Waals surface area (Å²) in [6, 6.07) is -0.307. The molecule has 3 heteroatoms. The number of carbonyl (C=O) groups is 1. The van der Waals surface area contributed by atoms with E-state index in [0.717, 1.165) is 6.42 Å². The van der Waals surface area contributed by atoms with E-state index in [4.69, 9.17) is 11.5 Å². The lowest BCUT2D eigenvalue weighted by molar-refractivity contribution is -0.123. The Labute approximate surface area is 81.9 Å². The molecule has 0 aromatic rings. The van der Waals surface area contributed by atoms with E-state index in [9.17, 15) is 4.79 Å². The van der Waals surface area contributed by atoms with Crippen LogP contribution >= 0.6 is 0 Å². The summed E-state index contributed by atoms with van der Waals surface area (Å²) >= 11 is 0. The second-order valence-corrected chi connectivity index (χ2v) is 3.09. The molecule has 0 rings (SSSR count). The van der Waals surface area contributed by atoms with Gasteiger partial charge in [0.2, 0.25) is 0 Å². The van der Waals surface area contributed by atoms with Crippen LogP contribution in [0.2, 0.25) is 0 Å². The molecule has 13 heavy (non-hydrogen) atoms. The van der Waals surface area contributed by atoms with Crippen molar-refractivity contribution in [1.82, 2.24) is 0 Å². The molecule has 0 aliphatic rings. The topological polar surface area (TPSA) is 69.1 Å². The van der Waals surface area contributed by atoms with Gasteiger partial charge < -0.3 is 11.5 Å². The average Bonchev–Trinajstić information content (AvgIpc) is 2.16. The summed E-state index contributed by atoms with van der Waals surface area (Å²) in [4.78, 5) is 11.2. The summed E-state index contributed by atoms with van der Waals surface area (Å²) < 4.78 is 0. The molecule has 0 amide bonds. The summed E-state index contributed by atoms with van der Waals surface area (Å²) in [6.07, 6.45) is 1.55. The molecule has 0 aliphatic heterocycles. The van der Waals surface area contributed by atoms with Gasteiger partial charge in [-0.15, -0.1) is 0 Å². The molecular formula is C10H24N2O. The van der Waals surface area contributed by atoms with Crippen LogP contribution in [-0.4, -0.2) is 18.4 Å². The number of hydrogen-bond donors (Lipinski definition) is 2. The van der Waals surface area contributed by atoms with E-state index >= 15 is 0 Å². The zero-order valence-corrected chi connectivity index (χ0v) is 9.34. The fourth-order valence-corrected chi connectivity index (χ4v) is 0.908. The van der Waals surface area contributed by atoms with E-state index in [1.807, 2.05) is 27.7 Å².